The van der Waals surface area contributed by atoms with Crippen molar-refractivity contribution in [3.63, 3.8) is 0 Å². The van der Waals surface area contributed by atoms with Crippen LogP contribution in [0.1, 0.15) is 28.8 Å². The predicted octanol–water partition coefficient (Wildman–Crippen LogP) is 0.663. The maximum absolute atomic E-state index is 11.9. The maximum Gasteiger partial charge on any atom is 0.337 e. The zero-order chi connectivity index (χ0) is 15.5. The van der Waals surface area contributed by atoms with Gasteiger partial charge in [0.2, 0.25) is 10.0 Å². The Kier molecular flexibility index (Phi) is 4.97. The van der Waals surface area contributed by atoms with Crippen LogP contribution < -0.4 is 4.72 Å². The van der Waals surface area contributed by atoms with Crippen molar-refractivity contribution in [2.75, 3.05) is 13.7 Å². The number of methoxy groups -OCH3 is 1. The molecule has 6 nitrogen and oxygen atoms in total. The van der Waals surface area contributed by atoms with E-state index in [1.807, 2.05) is 0 Å². The van der Waals surface area contributed by atoms with E-state index in [1.54, 1.807) is 24.3 Å². The molecule has 1 aliphatic rings. The summed E-state index contributed by atoms with van der Waals surface area (Å²) in [6, 6.07) is 6.27. The lowest BCUT2D eigenvalue weighted by Gasteiger charge is -2.31. The Morgan fingerprint density at radius 3 is 2.48 bits per heavy atom. The quantitative estimate of drug-likeness (QED) is 0.753. The zero-order valence-corrected chi connectivity index (χ0v) is 12.6. The molecule has 0 aliphatic heterocycles. The van der Waals surface area contributed by atoms with Gasteiger partial charge in [-0.3, -0.25) is 0 Å². The fourth-order valence-electron chi connectivity index (χ4n) is 2.24. The first-order valence-electron chi connectivity index (χ1n) is 6.72. The van der Waals surface area contributed by atoms with E-state index in [1.165, 1.54) is 7.11 Å². The molecule has 1 aliphatic carbocycles. The number of rotatable bonds is 6. The molecule has 0 amide bonds. The third kappa shape index (κ3) is 4.52. The number of ether oxygens (including phenoxy) is 1. The van der Waals surface area contributed by atoms with Crippen LogP contribution in [0.3, 0.4) is 0 Å². The molecular formula is C14H19NO5S. The number of hydrogen-bond donors (Lipinski definition) is 2. The number of esters is 1. The van der Waals surface area contributed by atoms with Gasteiger partial charge < -0.3 is 9.84 Å². The number of carbonyl (C=O) groups excluding carboxylic acids is 1. The normalized spacial score (nSPS) is 21.6. The molecule has 0 aromatic heterocycles. The number of aliphatic hydroxyl groups excluding tert-OH is 1. The molecule has 0 unspecified atom stereocenters. The Hall–Kier alpha value is -1.44. The summed E-state index contributed by atoms with van der Waals surface area (Å²) < 4.78 is 31.0. The third-order valence-electron chi connectivity index (χ3n) is 3.53. The molecule has 2 N–H and O–H groups in total. The van der Waals surface area contributed by atoms with Crippen molar-refractivity contribution < 1.29 is 23.1 Å². The zero-order valence-electron chi connectivity index (χ0n) is 11.8. The second-order valence-electron chi connectivity index (χ2n) is 5.29. The van der Waals surface area contributed by atoms with E-state index >= 15 is 0 Å². The van der Waals surface area contributed by atoms with Gasteiger partial charge in [0.25, 0.3) is 0 Å². The van der Waals surface area contributed by atoms with Crippen molar-refractivity contribution >= 4 is 16.0 Å². The highest BCUT2D eigenvalue weighted by molar-refractivity contribution is 7.88. The fourth-order valence-corrected chi connectivity index (χ4v) is 3.46. The van der Waals surface area contributed by atoms with Gasteiger partial charge in [0.1, 0.15) is 0 Å². The highest BCUT2D eigenvalue weighted by atomic mass is 32.2. The van der Waals surface area contributed by atoms with Crippen LogP contribution >= 0.6 is 0 Å². The van der Waals surface area contributed by atoms with Gasteiger partial charge in [0, 0.05) is 6.54 Å². The van der Waals surface area contributed by atoms with Crippen molar-refractivity contribution in [3.05, 3.63) is 35.4 Å². The second-order valence-corrected chi connectivity index (χ2v) is 7.09. The van der Waals surface area contributed by atoms with Gasteiger partial charge in [-0.2, -0.15) is 0 Å². The smallest absolute Gasteiger partial charge is 0.337 e. The molecule has 7 heteroatoms. The van der Waals surface area contributed by atoms with Gasteiger partial charge in [-0.15, -0.1) is 0 Å². The van der Waals surface area contributed by atoms with E-state index in [2.05, 4.69) is 9.46 Å². The van der Waals surface area contributed by atoms with Gasteiger partial charge in [-0.1, -0.05) is 12.1 Å². The molecule has 0 atom stereocenters. The topological polar surface area (TPSA) is 92.7 Å². The summed E-state index contributed by atoms with van der Waals surface area (Å²) >= 11 is 0. The average Bonchev–Trinajstić information content (AvgIpc) is 2.42. The molecule has 116 valence electrons. The van der Waals surface area contributed by atoms with Crippen LogP contribution in [0, 0.1) is 5.92 Å². The van der Waals surface area contributed by atoms with E-state index in [0.717, 1.165) is 0 Å². The van der Waals surface area contributed by atoms with Crippen LogP contribution in [-0.4, -0.2) is 39.3 Å². The first-order valence-corrected chi connectivity index (χ1v) is 8.37. The summed E-state index contributed by atoms with van der Waals surface area (Å²) in [6.45, 7) is 0.361. The van der Waals surface area contributed by atoms with Crippen molar-refractivity contribution in [1.82, 2.24) is 4.72 Å². The largest absolute Gasteiger partial charge is 0.465 e. The van der Waals surface area contributed by atoms with Crippen molar-refractivity contribution in [2.24, 2.45) is 5.92 Å². The summed E-state index contributed by atoms with van der Waals surface area (Å²) in [5, 5.41) is 9.16. The number of nitrogens with one attached hydrogen (secondary N) is 1. The molecule has 0 saturated heterocycles. The second kappa shape index (κ2) is 6.55. The number of sulfonamides is 1. The van der Waals surface area contributed by atoms with Crippen LogP contribution in [0.5, 0.6) is 0 Å². The van der Waals surface area contributed by atoms with E-state index < -0.39 is 16.0 Å². The van der Waals surface area contributed by atoms with Crippen LogP contribution in [0.25, 0.3) is 0 Å². The van der Waals surface area contributed by atoms with Gasteiger partial charge >= 0.3 is 5.97 Å². The number of carbonyl (C=O) groups is 1. The SMILES string of the molecule is COC(=O)c1ccc(CS(=O)(=O)NCC2CC(O)C2)cc1. The molecule has 1 fully saturated rings. The molecule has 21 heavy (non-hydrogen) atoms. The van der Waals surface area contributed by atoms with Crippen LogP contribution in [0.4, 0.5) is 0 Å². The summed E-state index contributed by atoms with van der Waals surface area (Å²) in [7, 11) is -2.12. The van der Waals surface area contributed by atoms with Crippen LogP contribution in [-0.2, 0) is 20.5 Å². The predicted molar refractivity (Wildman–Crippen MR) is 77.1 cm³/mol. The number of aliphatic hydroxyl groups is 1. The number of benzene rings is 1. The first-order chi connectivity index (χ1) is 9.89. The Labute approximate surface area is 124 Å². The summed E-state index contributed by atoms with van der Waals surface area (Å²) in [5.74, 6) is -0.369. The molecule has 0 heterocycles. The summed E-state index contributed by atoms with van der Waals surface area (Å²) in [5.41, 5.74) is 0.985. The molecule has 0 spiro atoms. The van der Waals surface area contributed by atoms with Gasteiger partial charge in [0.15, 0.2) is 0 Å². The lowest BCUT2D eigenvalue weighted by Crippen LogP contribution is -2.38. The highest BCUT2D eigenvalue weighted by Crippen LogP contribution is 2.26. The monoisotopic (exact) mass is 313 g/mol. The lowest BCUT2D eigenvalue weighted by atomic mass is 9.83. The van der Waals surface area contributed by atoms with Crippen LogP contribution in [0.15, 0.2) is 24.3 Å². The van der Waals surface area contributed by atoms with E-state index in [-0.39, 0.29) is 17.8 Å². The summed E-state index contributed by atoms with van der Waals surface area (Å²) in [4.78, 5) is 11.3. The van der Waals surface area contributed by atoms with Gasteiger partial charge in [0.05, 0.1) is 24.5 Å². The van der Waals surface area contributed by atoms with E-state index in [0.29, 0.717) is 30.5 Å². The first kappa shape index (κ1) is 15.9. The fraction of sp³-hybridized carbons (Fsp3) is 0.500. The number of hydrogen-bond acceptors (Lipinski definition) is 5. The summed E-state index contributed by atoms with van der Waals surface area (Å²) in [6.07, 6.45) is 1.01. The molecule has 1 aromatic carbocycles. The highest BCUT2D eigenvalue weighted by Gasteiger charge is 2.28. The van der Waals surface area contributed by atoms with Gasteiger partial charge in [-0.05, 0) is 36.5 Å². The Morgan fingerprint density at radius 1 is 1.33 bits per heavy atom. The Bertz CT molecular complexity index is 590. The molecule has 0 bridgehead atoms. The minimum atomic E-state index is -3.41. The molecule has 1 saturated carbocycles. The van der Waals surface area contributed by atoms with Crippen molar-refractivity contribution in [1.29, 1.82) is 0 Å². The standard InChI is InChI=1S/C14H19NO5S/c1-20-14(17)12-4-2-10(3-5-12)9-21(18,19)15-8-11-6-13(16)7-11/h2-5,11,13,15-16H,6-9H2,1H3. The van der Waals surface area contributed by atoms with Crippen LogP contribution in [0.2, 0.25) is 0 Å². The Morgan fingerprint density at radius 2 is 1.95 bits per heavy atom. The van der Waals surface area contributed by atoms with Crippen molar-refractivity contribution in [3.8, 4) is 0 Å². The van der Waals surface area contributed by atoms with E-state index in [9.17, 15) is 13.2 Å². The molecule has 0 radical (unpaired) electrons. The molecular weight excluding hydrogens is 294 g/mol. The van der Waals surface area contributed by atoms with Crippen molar-refractivity contribution in [2.45, 2.75) is 24.7 Å². The lowest BCUT2D eigenvalue weighted by molar-refractivity contribution is 0.0453. The molecule has 2 rings (SSSR count). The maximum atomic E-state index is 11.9. The molecule has 1 aromatic rings. The third-order valence-corrected chi connectivity index (χ3v) is 4.85. The Balaban J connectivity index is 1.88. The minimum Gasteiger partial charge on any atom is -0.465 e. The average molecular weight is 313 g/mol. The minimum absolute atomic E-state index is 0.135. The van der Waals surface area contributed by atoms with E-state index in [4.69, 9.17) is 5.11 Å². The van der Waals surface area contributed by atoms with Gasteiger partial charge in [-0.25, -0.2) is 17.9 Å².